The molecule has 0 radical (unpaired) electrons. The molecule has 2 heterocycles. The van der Waals surface area contributed by atoms with E-state index in [2.05, 4.69) is 114 Å². The lowest BCUT2D eigenvalue weighted by molar-refractivity contribution is 1.07. The van der Waals surface area contributed by atoms with Gasteiger partial charge in [0.25, 0.3) is 0 Å². The van der Waals surface area contributed by atoms with Gasteiger partial charge < -0.3 is 4.57 Å². The second-order valence-electron chi connectivity index (χ2n) is 12.4. The van der Waals surface area contributed by atoms with Gasteiger partial charge >= 0.3 is 0 Å². The van der Waals surface area contributed by atoms with Crippen molar-refractivity contribution < 1.29 is 0 Å². The van der Waals surface area contributed by atoms with Gasteiger partial charge in [0.2, 0.25) is 0 Å². The fourth-order valence-electron chi connectivity index (χ4n) is 7.43. The third kappa shape index (κ3) is 4.35. The Hall–Kier alpha value is -6.65. The predicted molar refractivity (Wildman–Crippen MR) is 203 cm³/mol. The molecule has 0 N–H and O–H groups in total. The van der Waals surface area contributed by atoms with Crippen LogP contribution in [-0.4, -0.2) is 19.5 Å². The zero-order valence-corrected chi connectivity index (χ0v) is 26.5. The minimum atomic E-state index is 0.636. The van der Waals surface area contributed by atoms with Crippen molar-refractivity contribution in [2.75, 3.05) is 0 Å². The second kappa shape index (κ2) is 11.0. The van der Waals surface area contributed by atoms with E-state index in [9.17, 15) is 0 Å². The van der Waals surface area contributed by atoms with Crippen LogP contribution in [0, 0.1) is 0 Å². The first-order valence-corrected chi connectivity index (χ1v) is 16.5. The van der Waals surface area contributed by atoms with Gasteiger partial charge in [0.05, 0.1) is 11.0 Å². The number of hydrogen-bond acceptors (Lipinski definition) is 3. The lowest BCUT2D eigenvalue weighted by atomic mass is 9.93. The van der Waals surface area contributed by atoms with Crippen LogP contribution in [0.4, 0.5) is 0 Å². The summed E-state index contributed by atoms with van der Waals surface area (Å²) >= 11 is 0. The number of benzene rings is 8. The zero-order chi connectivity index (χ0) is 32.3. The van der Waals surface area contributed by atoms with E-state index in [4.69, 9.17) is 15.0 Å². The van der Waals surface area contributed by atoms with E-state index >= 15 is 0 Å². The highest BCUT2D eigenvalue weighted by atomic mass is 15.0. The normalized spacial score (nSPS) is 11.7. The average Bonchev–Trinajstić information content (AvgIpc) is 3.53. The minimum Gasteiger partial charge on any atom is -0.309 e. The van der Waals surface area contributed by atoms with Gasteiger partial charge in [-0.05, 0) is 45.1 Å². The van der Waals surface area contributed by atoms with Gasteiger partial charge in [-0.2, -0.15) is 0 Å². The summed E-state index contributed by atoms with van der Waals surface area (Å²) in [6.45, 7) is 0. The number of aromatic nitrogens is 4. The molecule has 8 aromatic carbocycles. The highest BCUT2D eigenvalue weighted by molar-refractivity contribution is 6.33. The van der Waals surface area contributed by atoms with Crippen LogP contribution in [0.25, 0.3) is 94.0 Å². The van der Waals surface area contributed by atoms with Crippen molar-refractivity contribution in [3.05, 3.63) is 170 Å². The first-order chi connectivity index (χ1) is 24.3. The van der Waals surface area contributed by atoms with Gasteiger partial charge in [-0.3, -0.25) is 0 Å². The van der Waals surface area contributed by atoms with E-state index in [1.54, 1.807) is 0 Å². The Balaban J connectivity index is 1.28. The molecule has 2 aromatic heterocycles. The summed E-state index contributed by atoms with van der Waals surface area (Å²) in [7, 11) is 0. The molecule has 4 heteroatoms. The molecule has 0 atom stereocenters. The van der Waals surface area contributed by atoms with E-state index in [-0.39, 0.29) is 0 Å². The van der Waals surface area contributed by atoms with Crippen LogP contribution in [0.1, 0.15) is 0 Å². The van der Waals surface area contributed by atoms with Crippen molar-refractivity contribution in [1.82, 2.24) is 19.5 Å². The van der Waals surface area contributed by atoms with Gasteiger partial charge in [-0.15, -0.1) is 0 Å². The molecule has 0 aliphatic rings. The maximum absolute atomic E-state index is 5.04. The van der Waals surface area contributed by atoms with Crippen LogP contribution in [0.3, 0.4) is 0 Å². The Morgan fingerprint density at radius 1 is 0.327 bits per heavy atom. The van der Waals surface area contributed by atoms with Crippen LogP contribution in [-0.2, 0) is 0 Å². The summed E-state index contributed by atoms with van der Waals surface area (Å²) < 4.78 is 2.43. The van der Waals surface area contributed by atoms with Crippen LogP contribution < -0.4 is 0 Å². The molecule has 0 saturated heterocycles. The Kier molecular flexibility index (Phi) is 6.15. The maximum Gasteiger partial charge on any atom is 0.164 e. The Morgan fingerprint density at radius 2 is 0.776 bits per heavy atom. The molecule has 49 heavy (non-hydrogen) atoms. The van der Waals surface area contributed by atoms with E-state index in [0.717, 1.165) is 27.9 Å². The van der Waals surface area contributed by atoms with Crippen LogP contribution in [0.5, 0.6) is 0 Å². The monoisotopic (exact) mass is 624 g/mol. The van der Waals surface area contributed by atoms with Crippen molar-refractivity contribution in [1.29, 1.82) is 0 Å². The van der Waals surface area contributed by atoms with E-state index < -0.39 is 0 Å². The van der Waals surface area contributed by atoms with Crippen LogP contribution in [0.15, 0.2) is 170 Å². The number of fused-ring (bicyclic) bond motifs is 10. The quantitative estimate of drug-likeness (QED) is 0.183. The highest BCUT2D eigenvalue weighted by Crippen LogP contribution is 2.43. The maximum atomic E-state index is 5.04. The Labute approximate surface area is 282 Å². The van der Waals surface area contributed by atoms with Crippen LogP contribution in [0.2, 0.25) is 0 Å². The smallest absolute Gasteiger partial charge is 0.164 e. The van der Waals surface area contributed by atoms with Gasteiger partial charge in [-0.1, -0.05) is 152 Å². The average molecular weight is 625 g/mol. The summed E-state index contributed by atoms with van der Waals surface area (Å²) in [5, 5.41) is 10.00. The van der Waals surface area contributed by atoms with Crippen molar-refractivity contribution >= 4 is 54.1 Å². The number of nitrogens with zero attached hydrogens (tertiary/aromatic N) is 4. The molecular weight excluding hydrogens is 597 g/mol. The lowest BCUT2D eigenvalue weighted by Crippen LogP contribution is -2.01. The van der Waals surface area contributed by atoms with Crippen molar-refractivity contribution in [3.63, 3.8) is 0 Å². The van der Waals surface area contributed by atoms with Gasteiger partial charge in [0.1, 0.15) is 0 Å². The predicted octanol–water partition coefficient (Wildman–Crippen LogP) is 11.4. The first-order valence-electron chi connectivity index (χ1n) is 16.5. The third-order valence-electron chi connectivity index (χ3n) is 9.60. The largest absolute Gasteiger partial charge is 0.309 e. The van der Waals surface area contributed by atoms with E-state index in [0.29, 0.717) is 17.5 Å². The summed E-state index contributed by atoms with van der Waals surface area (Å²) in [4.78, 5) is 15.0. The zero-order valence-electron chi connectivity index (χ0n) is 26.5. The molecule has 0 aliphatic carbocycles. The summed E-state index contributed by atoms with van der Waals surface area (Å²) in [5.74, 6) is 1.93. The molecular formula is C45H28N4. The minimum absolute atomic E-state index is 0.636. The van der Waals surface area contributed by atoms with Gasteiger partial charge in [0.15, 0.2) is 17.5 Å². The van der Waals surface area contributed by atoms with Gasteiger partial charge in [0, 0.05) is 38.5 Å². The molecule has 0 unspecified atom stereocenters. The molecule has 0 spiro atoms. The van der Waals surface area contributed by atoms with E-state index in [1.165, 1.54) is 48.6 Å². The van der Waals surface area contributed by atoms with Gasteiger partial charge in [-0.25, -0.2) is 15.0 Å². The third-order valence-corrected chi connectivity index (χ3v) is 9.60. The highest BCUT2D eigenvalue weighted by Gasteiger charge is 2.19. The summed E-state index contributed by atoms with van der Waals surface area (Å²) in [6.07, 6.45) is 0. The fraction of sp³-hybridized carbons (Fsp3) is 0. The topological polar surface area (TPSA) is 43.6 Å². The molecule has 0 saturated carbocycles. The number of para-hydroxylation sites is 1. The number of hydrogen-bond donors (Lipinski definition) is 0. The molecule has 0 fully saturated rings. The molecule has 228 valence electrons. The molecule has 0 amide bonds. The van der Waals surface area contributed by atoms with Crippen LogP contribution >= 0.6 is 0 Å². The molecule has 0 aliphatic heterocycles. The fourth-order valence-corrected chi connectivity index (χ4v) is 7.43. The molecule has 0 bridgehead atoms. The van der Waals surface area contributed by atoms with Crippen molar-refractivity contribution in [3.8, 4) is 39.9 Å². The lowest BCUT2D eigenvalue weighted by Gasteiger charge is -2.15. The van der Waals surface area contributed by atoms with E-state index in [1.807, 2.05) is 60.7 Å². The van der Waals surface area contributed by atoms with Crippen molar-refractivity contribution in [2.24, 2.45) is 0 Å². The SMILES string of the molecule is c1ccc(-c2nc(-c3ccccc3)nc(-c3cccc(-n4c5ccccc5c5ccc6c7ccccc7c7ccccc7c6c54)c3)n2)cc1. The summed E-state index contributed by atoms with van der Waals surface area (Å²) in [6, 6.07) is 59.7. The molecule has 10 aromatic rings. The first kappa shape index (κ1) is 27.5. The van der Waals surface area contributed by atoms with Crippen molar-refractivity contribution in [2.45, 2.75) is 0 Å². The standard InChI is InChI=1S/C45H28N4/c1-3-14-29(15-4-1)43-46-44(30-16-5-2-6-17-30)48-45(47-43)31-18-13-19-32(28-31)49-40-25-12-11-23-36(40)39-27-26-38-35-22-8-7-20-33(35)34-21-9-10-24-37(34)41(38)42(39)49/h1-28H. The molecule has 10 rings (SSSR count). The Morgan fingerprint density at radius 3 is 1.41 bits per heavy atom. The number of rotatable bonds is 4. The Bertz CT molecular complexity index is 2780. The second-order valence-corrected chi connectivity index (χ2v) is 12.4. The molecule has 4 nitrogen and oxygen atoms in total. The summed E-state index contributed by atoms with van der Waals surface area (Å²) in [5.41, 5.74) is 6.24.